The summed E-state index contributed by atoms with van der Waals surface area (Å²) in [6.07, 6.45) is 3.81. The van der Waals surface area contributed by atoms with Crippen molar-refractivity contribution < 1.29 is 4.79 Å². The molecule has 4 heteroatoms. The van der Waals surface area contributed by atoms with Crippen molar-refractivity contribution in [1.82, 2.24) is 14.7 Å². The van der Waals surface area contributed by atoms with Gasteiger partial charge in [-0.15, -0.1) is 0 Å². The number of rotatable bonds is 4. The molecule has 0 saturated heterocycles. The van der Waals surface area contributed by atoms with Crippen molar-refractivity contribution in [3.63, 3.8) is 0 Å². The Kier molecular flexibility index (Phi) is 3.45. The minimum Gasteiger partial charge on any atom is -0.350 e. The Morgan fingerprint density at radius 2 is 1.96 bits per heavy atom. The van der Waals surface area contributed by atoms with Crippen LogP contribution in [-0.2, 0) is 11.3 Å². The molecule has 1 N–H and O–H groups in total. The smallest absolute Gasteiger partial charge is 0.232 e. The molecule has 1 aromatic carbocycles. The van der Waals surface area contributed by atoms with Crippen molar-refractivity contribution in [2.75, 3.05) is 0 Å². The minimum atomic E-state index is -0.0895. The zero-order valence-electron chi connectivity index (χ0n) is 13.8. The van der Waals surface area contributed by atoms with E-state index in [1.165, 1.54) is 0 Å². The number of pyridine rings is 1. The van der Waals surface area contributed by atoms with E-state index in [4.69, 9.17) is 0 Å². The van der Waals surface area contributed by atoms with E-state index in [9.17, 15) is 4.79 Å². The van der Waals surface area contributed by atoms with E-state index in [-0.39, 0.29) is 11.8 Å². The number of hydrogen-bond acceptors (Lipinski definition) is 2. The van der Waals surface area contributed by atoms with Gasteiger partial charge >= 0.3 is 0 Å². The van der Waals surface area contributed by atoms with Crippen LogP contribution in [0.3, 0.4) is 0 Å². The number of nitrogens with zero attached hydrogens (tertiary/aromatic N) is 2. The van der Waals surface area contributed by atoms with Gasteiger partial charge in [0.05, 0.1) is 24.4 Å². The molecular weight excluding hydrogens is 298 g/mol. The molecule has 0 unspecified atom stereocenters. The molecule has 0 bridgehead atoms. The topological polar surface area (TPSA) is 46.4 Å². The van der Waals surface area contributed by atoms with Crippen LogP contribution in [0.1, 0.15) is 23.7 Å². The summed E-state index contributed by atoms with van der Waals surface area (Å²) in [6.45, 7) is 4.55. The SMILES string of the molecule is CC1=C(c2ccccc2)[C@H]1C(=O)NCc1cnc2c(C)cccn12. The first-order valence-electron chi connectivity index (χ1n) is 8.12. The van der Waals surface area contributed by atoms with Gasteiger partial charge in [-0.1, -0.05) is 42.0 Å². The Morgan fingerprint density at radius 1 is 1.17 bits per heavy atom. The summed E-state index contributed by atoms with van der Waals surface area (Å²) in [4.78, 5) is 17.0. The molecule has 0 saturated carbocycles. The largest absolute Gasteiger partial charge is 0.350 e. The highest BCUT2D eigenvalue weighted by Gasteiger charge is 2.39. The lowest BCUT2D eigenvalue weighted by Crippen LogP contribution is -2.26. The molecule has 24 heavy (non-hydrogen) atoms. The molecule has 4 nitrogen and oxygen atoms in total. The van der Waals surface area contributed by atoms with Crippen molar-refractivity contribution in [3.8, 4) is 0 Å². The van der Waals surface area contributed by atoms with Crippen LogP contribution in [-0.4, -0.2) is 15.3 Å². The highest BCUT2D eigenvalue weighted by Crippen LogP contribution is 2.46. The van der Waals surface area contributed by atoms with E-state index in [2.05, 4.69) is 22.4 Å². The fourth-order valence-corrected chi connectivity index (χ4v) is 3.28. The molecule has 2 heterocycles. The average Bonchev–Trinajstić information content (AvgIpc) is 3.09. The van der Waals surface area contributed by atoms with Gasteiger partial charge in [0.25, 0.3) is 0 Å². The fourth-order valence-electron chi connectivity index (χ4n) is 3.28. The molecule has 1 amide bonds. The van der Waals surface area contributed by atoms with Crippen molar-refractivity contribution in [2.24, 2.45) is 5.92 Å². The second-order valence-corrected chi connectivity index (χ2v) is 6.25. The highest BCUT2D eigenvalue weighted by atomic mass is 16.2. The highest BCUT2D eigenvalue weighted by molar-refractivity contribution is 6.05. The first-order valence-corrected chi connectivity index (χ1v) is 8.12. The molecule has 1 atom stereocenters. The third kappa shape index (κ3) is 2.40. The number of nitrogens with one attached hydrogen (secondary N) is 1. The molecule has 1 aliphatic carbocycles. The van der Waals surface area contributed by atoms with Crippen LogP contribution >= 0.6 is 0 Å². The van der Waals surface area contributed by atoms with E-state index in [0.29, 0.717) is 6.54 Å². The Labute approximate surface area is 140 Å². The average molecular weight is 317 g/mol. The molecule has 1 aliphatic rings. The number of aryl methyl sites for hydroxylation is 1. The Hall–Kier alpha value is -2.88. The lowest BCUT2D eigenvalue weighted by Gasteiger charge is -2.06. The third-order valence-corrected chi connectivity index (χ3v) is 4.66. The predicted molar refractivity (Wildman–Crippen MR) is 94.3 cm³/mol. The lowest BCUT2D eigenvalue weighted by atomic mass is 10.1. The predicted octanol–water partition coefficient (Wildman–Crippen LogP) is 3.36. The molecule has 120 valence electrons. The third-order valence-electron chi connectivity index (χ3n) is 4.66. The summed E-state index contributed by atoms with van der Waals surface area (Å²) in [5.74, 6) is -0.0257. The van der Waals surface area contributed by atoms with Gasteiger partial charge in [0, 0.05) is 6.20 Å². The van der Waals surface area contributed by atoms with Gasteiger partial charge in [0.2, 0.25) is 5.91 Å². The van der Waals surface area contributed by atoms with Gasteiger partial charge in [-0.2, -0.15) is 0 Å². The summed E-state index contributed by atoms with van der Waals surface area (Å²) in [7, 11) is 0. The van der Waals surface area contributed by atoms with E-state index >= 15 is 0 Å². The van der Waals surface area contributed by atoms with Crippen molar-refractivity contribution in [2.45, 2.75) is 20.4 Å². The first kappa shape index (κ1) is 14.7. The van der Waals surface area contributed by atoms with Crippen molar-refractivity contribution in [1.29, 1.82) is 0 Å². The summed E-state index contributed by atoms with van der Waals surface area (Å²) in [5.41, 5.74) is 6.51. The number of fused-ring (bicyclic) bond motifs is 1. The molecule has 0 spiro atoms. The molecule has 4 rings (SSSR count). The van der Waals surface area contributed by atoms with E-state index in [1.807, 2.05) is 61.0 Å². The Morgan fingerprint density at radius 3 is 2.75 bits per heavy atom. The van der Waals surface area contributed by atoms with Crippen LogP contribution in [0.15, 0.2) is 60.4 Å². The Bertz CT molecular complexity index is 953. The van der Waals surface area contributed by atoms with Gasteiger partial charge < -0.3 is 9.72 Å². The number of aromatic nitrogens is 2. The van der Waals surface area contributed by atoms with Crippen LogP contribution in [0.4, 0.5) is 0 Å². The zero-order valence-corrected chi connectivity index (χ0v) is 13.8. The second kappa shape index (κ2) is 5.64. The molecule has 0 radical (unpaired) electrons. The maximum absolute atomic E-state index is 12.5. The summed E-state index contributed by atoms with van der Waals surface area (Å²) in [5, 5.41) is 3.05. The zero-order chi connectivity index (χ0) is 16.7. The first-order chi connectivity index (χ1) is 11.7. The minimum absolute atomic E-state index is 0.0638. The summed E-state index contributed by atoms with van der Waals surface area (Å²) in [6, 6.07) is 14.1. The fraction of sp³-hybridized carbons (Fsp3) is 0.200. The van der Waals surface area contributed by atoms with Crippen LogP contribution < -0.4 is 5.32 Å². The van der Waals surface area contributed by atoms with Crippen LogP contribution in [0.2, 0.25) is 0 Å². The van der Waals surface area contributed by atoms with Crippen LogP contribution in [0.25, 0.3) is 11.2 Å². The van der Waals surface area contributed by atoms with Crippen molar-refractivity contribution in [3.05, 3.63) is 77.3 Å². The van der Waals surface area contributed by atoms with Crippen LogP contribution in [0, 0.1) is 12.8 Å². The molecule has 0 aliphatic heterocycles. The Balaban J connectivity index is 1.45. The van der Waals surface area contributed by atoms with E-state index in [0.717, 1.165) is 33.6 Å². The van der Waals surface area contributed by atoms with Crippen molar-refractivity contribution >= 4 is 17.1 Å². The quantitative estimate of drug-likeness (QED) is 0.802. The van der Waals surface area contributed by atoms with Gasteiger partial charge in [-0.05, 0) is 36.6 Å². The van der Waals surface area contributed by atoms with Crippen LogP contribution in [0.5, 0.6) is 0 Å². The molecule has 2 aromatic heterocycles. The normalized spacial score (nSPS) is 16.5. The monoisotopic (exact) mass is 317 g/mol. The summed E-state index contributed by atoms with van der Waals surface area (Å²) >= 11 is 0. The van der Waals surface area contributed by atoms with E-state index in [1.54, 1.807) is 0 Å². The molecule has 3 aromatic rings. The molecular formula is C20H19N3O. The molecule has 0 fully saturated rings. The maximum atomic E-state index is 12.5. The van der Waals surface area contributed by atoms with Gasteiger partial charge in [-0.25, -0.2) is 4.98 Å². The summed E-state index contributed by atoms with van der Waals surface area (Å²) < 4.78 is 2.03. The number of imidazole rings is 1. The van der Waals surface area contributed by atoms with Gasteiger partial charge in [0.1, 0.15) is 5.65 Å². The van der Waals surface area contributed by atoms with Gasteiger partial charge in [0.15, 0.2) is 0 Å². The number of carbonyl (C=O) groups is 1. The van der Waals surface area contributed by atoms with Gasteiger partial charge in [-0.3, -0.25) is 4.79 Å². The lowest BCUT2D eigenvalue weighted by molar-refractivity contribution is -0.121. The van der Waals surface area contributed by atoms with E-state index < -0.39 is 0 Å². The number of hydrogen-bond donors (Lipinski definition) is 1. The number of carbonyl (C=O) groups excluding carboxylic acids is 1. The second-order valence-electron chi connectivity index (χ2n) is 6.25. The number of benzene rings is 1. The number of amides is 1. The maximum Gasteiger partial charge on any atom is 0.232 e. The standard InChI is InChI=1S/C20H19N3O/c1-13-7-6-10-23-16(11-21-19(13)23)12-22-20(24)18-14(2)17(18)15-8-4-3-5-9-15/h3-11,18H,12H2,1-2H3,(H,22,24)/t18-/m0/s1.